The zero-order valence-corrected chi connectivity index (χ0v) is 18.5. The summed E-state index contributed by atoms with van der Waals surface area (Å²) in [7, 11) is 0. The Morgan fingerprint density at radius 1 is 0.969 bits per heavy atom. The molecule has 1 aliphatic carbocycles. The van der Waals surface area contributed by atoms with Gasteiger partial charge in [-0.05, 0) is 53.2 Å². The quantitative estimate of drug-likeness (QED) is 0.554. The Balaban J connectivity index is 1.65. The minimum atomic E-state index is -0.897. The van der Waals surface area contributed by atoms with Crippen molar-refractivity contribution in [2.75, 3.05) is 13.1 Å². The van der Waals surface area contributed by atoms with Crippen molar-refractivity contribution in [3.63, 3.8) is 0 Å². The van der Waals surface area contributed by atoms with E-state index in [1.807, 2.05) is 24.3 Å². The largest absolute Gasteiger partial charge is 0.481 e. The highest BCUT2D eigenvalue weighted by Crippen LogP contribution is 2.56. The number of aliphatic carboxylic acids is 1. The van der Waals surface area contributed by atoms with Crippen molar-refractivity contribution in [1.82, 2.24) is 4.90 Å². The lowest BCUT2D eigenvalue weighted by molar-refractivity contribution is -0.147. The fourth-order valence-electron chi connectivity index (χ4n) is 5.88. The molecule has 0 spiro atoms. The van der Waals surface area contributed by atoms with Crippen LogP contribution < -0.4 is 0 Å². The fraction of sp³-hybridized carbons (Fsp3) is 0.276. The Hall–Kier alpha value is -3.17. The predicted molar refractivity (Wildman–Crippen MR) is 128 cm³/mol. The molecule has 3 nitrogen and oxygen atoms in total. The number of benzene rings is 3. The van der Waals surface area contributed by atoms with Crippen LogP contribution in [0.3, 0.4) is 0 Å². The summed E-state index contributed by atoms with van der Waals surface area (Å²) in [5.41, 5.74) is 6.24. The number of hydrogen-bond acceptors (Lipinski definition) is 2. The van der Waals surface area contributed by atoms with Gasteiger partial charge in [0.05, 0.1) is 0 Å². The molecule has 0 radical (unpaired) electrons. The van der Waals surface area contributed by atoms with Crippen molar-refractivity contribution in [2.45, 2.75) is 32.2 Å². The number of carbonyl (C=O) groups is 1. The lowest BCUT2D eigenvalue weighted by Crippen LogP contribution is -2.43. The third-order valence-electron chi connectivity index (χ3n) is 7.34. The number of carboxylic acids is 1. The van der Waals surface area contributed by atoms with Crippen molar-refractivity contribution < 1.29 is 9.90 Å². The minimum Gasteiger partial charge on any atom is -0.481 e. The van der Waals surface area contributed by atoms with E-state index in [1.165, 1.54) is 22.3 Å². The number of aryl methyl sites for hydroxylation is 1. The zero-order chi connectivity index (χ0) is 22.1. The molecule has 3 aromatic rings. The Bertz CT molecular complexity index is 1150. The number of hydrogen-bond donors (Lipinski definition) is 1. The molecule has 0 bridgehead atoms. The average Bonchev–Trinajstić information content (AvgIpc) is 3.20. The Labute approximate surface area is 190 Å². The lowest BCUT2D eigenvalue weighted by Gasteiger charge is -2.40. The average molecular weight is 424 g/mol. The van der Waals surface area contributed by atoms with E-state index in [4.69, 9.17) is 0 Å². The van der Waals surface area contributed by atoms with Crippen LogP contribution >= 0.6 is 0 Å². The summed E-state index contributed by atoms with van der Waals surface area (Å²) in [4.78, 5) is 15.5. The van der Waals surface area contributed by atoms with Crippen LogP contribution in [0, 0.1) is 12.3 Å². The summed E-state index contributed by atoms with van der Waals surface area (Å²) in [6.45, 7) is 4.14. The Morgan fingerprint density at radius 2 is 1.62 bits per heavy atom. The van der Waals surface area contributed by atoms with Crippen molar-refractivity contribution in [1.29, 1.82) is 0 Å². The van der Waals surface area contributed by atoms with E-state index in [2.05, 4.69) is 72.5 Å². The molecule has 162 valence electrons. The van der Waals surface area contributed by atoms with Crippen molar-refractivity contribution in [2.24, 2.45) is 5.41 Å². The third-order valence-corrected chi connectivity index (χ3v) is 7.34. The van der Waals surface area contributed by atoms with Gasteiger partial charge < -0.3 is 5.11 Å². The first-order valence-electron chi connectivity index (χ1n) is 11.4. The van der Waals surface area contributed by atoms with E-state index in [9.17, 15) is 9.90 Å². The molecular weight excluding hydrogens is 394 g/mol. The van der Waals surface area contributed by atoms with Crippen LogP contribution in [-0.2, 0) is 11.3 Å². The standard InChI is InChI=1S/C29H29NO2/c1-21-10-8-9-15-24(21)25-16-17-26(23-13-6-3-7-14-23)29(28(31)32)20-30(19-27(25)29)18-22-11-4-2-5-12-22/h2-15,26H,16-20H2,1H3,(H,31,32)/t26-,29-/m1/s1. The molecule has 1 aliphatic heterocycles. The van der Waals surface area contributed by atoms with E-state index >= 15 is 0 Å². The topological polar surface area (TPSA) is 40.5 Å². The van der Waals surface area contributed by atoms with Gasteiger partial charge in [-0.2, -0.15) is 0 Å². The SMILES string of the molecule is Cc1ccccc1C1=C2CN(Cc3ccccc3)C[C@@]2(C(=O)O)[C@@H](c2ccccc2)CC1. The first-order valence-corrected chi connectivity index (χ1v) is 11.4. The summed E-state index contributed by atoms with van der Waals surface area (Å²) in [6.07, 6.45) is 1.76. The fourth-order valence-corrected chi connectivity index (χ4v) is 5.88. The number of allylic oxidation sites excluding steroid dienone is 1. The summed E-state index contributed by atoms with van der Waals surface area (Å²) < 4.78 is 0. The number of fused-ring (bicyclic) bond motifs is 1. The van der Waals surface area contributed by atoms with Crippen LogP contribution in [0.4, 0.5) is 0 Å². The molecule has 0 amide bonds. The second-order valence-corrected chi connectivity index (χ2v) is 9.18. The maximum absolute atomic E-state index is 13.1. The highest BCUT2D eigenvalue weighted by molar-refractivity contribution is 5.88. The summed E-state index contributed by atoms with van der Waals surface area (Å²) in [6, 6.07) is 29.1. The Kier molecular flexibility index (Phi) is 5.44. The van der Waals surface area contributed by atoms with E-state index in [-0.39, 0.29) is 5.92 Å². The summed E-state index contributed by atoms with van der Waals surface area (Å²) in [5.74, 6) is -0.715. The van der Waals surface area contributed by atoms with Gasteiger partial charge in [0.1, 0.15) is 5.41 Å². The smallest absolute Gasteiger partial charge is 0.315 e. The molecule has 1 fully saturated rings. The molecule has 3 heteroatoms. The molecule has 1 heterocycles. The molecule has 5 rings (SSSR count). The Morgan fingerprint density at radius 3 is 2.31 bits per heavy atom. The molecule has 0 saturated carbocycles. The van der Waals surface area contributed by atoms with Gasteiger partial charge >= 0.3 is 5.97 Å². The van der Waals surface area contributed by atoms with E-state index in [1.54, 1.807) is 0 Å². The maximum atomic E-state index is 13.1. The predicted octanol–water partition coefficient (Wildman–Crippen LogP) is 5.91. The van der Waals surface area contributed by atoms with Gasteiger partial charge in [0.15, 0.2) is 0 Å². The molecule has 0 aromatic heterocycles. The monoisotopic (exact) mass is 423 g/mol. The van der Waals surface area contributed by atoms with Crippen molar-refractivity contribution >= 4 is 11.5 Å². The van der Waals surface area contributed by atoms with Gasteiger partial charge in [-0.15, -0.1) is 0 Å². The minimum absolute atomic E-state index is 0.0234. The van der Waals surface area contributed by atoms with Crippen LogP contribution in [0.1, 0.15) is 41.0 Å². The van der Waals surface area contributed by atoms with Crippen LogP contribution in [-0.4, -0.2) is 29.1 Å². The van der Waals surface area contributed by atoms with Crippen molar-refractivity contribution in [3.05, 3.63) is 113 Å². The molecule has 1 saturated heterocycles. The number of likely N-dealkylation sites (tertiary alicyclic amines) is 1. The summed E-state index contributed by atoms with van der Waals surface area (Å²) >= 11 is 0. The first kappa shape index (κ1) is 20.7. The highest BCUT2D eigenvalue weighted by Gasteiger charge is 2.57. The second kappa shape index (κ2) is 8.40. The molecule has 32 heavy (non-hydrogen) atoms. The van der Waals surface area contributed by atoms with Gasteiger partial charge in [-0.25, -0.2) is 0 Å². The normalized spacial score (nSPS) is 23.2. The van der Waals surface area contributed by atoms with E-state index < -0.39 is 11.4 Å². The lowest BCUT2D eigenvalue weighted by atomic mass is 9.61. The van der Waals surface area contributed by atoms with Gasteiger partial charge in [0, 0.05) is 25.6 Å². The molecule has 1 N–H and O–H groups in total. The maximum Gasteiger partial charge on any atom is 0.315 e. The number of rotatable bonds is 5. The third kappa shape index (κ3) is 3.47. The first-order chi connectivity index (χ1) is 15.6. The van der Waals surface area contributed by atoms with E-state index in [0.29, 0.717) is 13.1 Å². The van der Waals surface area contributed by atoms with Gasteiger partial charge in [0.2, 0.25) is 0 Å². The molecule has 2 aliphatic rings. The van der Waals surface area contributed by atoms with Crippen LogP contribution in [0.25, 0.3) is 5.57 Å². The van der Waals surface area contributed by atoms with Crippen LogP contribution in [0.2, 0.25) is 0 Å². The highest BCUT2D eigenvalue weighted by atomic mass is 16.4. The molecule has 2 atom stereocenters. The van der Waals surface area contributed by atoms with Gasteiger partial charge in [-0.1, -0.05) is 84.9 Å². The zero-order valence-electron chi connectivity index (χ0n) is 18.5. The van der Waals surface area contributed by atoms with Crippen LogP contribution in [0.5, 0.6) is 0 Å². The van der Waals surface area contributed by atoms with Gasteiger partial charge in [-0.3, -0.25) is 9.69 Å². The second-order valence-electron chi connectivity index (χ2n) is 9.18. The van der Waals surface area contributed by atoms with Crippen LogP contribution in [0.15, 0.2) is 90.5 Å². The van der Waals surface area contributed by atoms with Crippen molar-refractivity contribution in [3.8, 4) is 0 Å². The van der Waals surface area contributed by atoms with E-state index in [0.717, 1.165) is 30.5 Å². The summed E-state index contributed by atoms with van der Waals surface area (Å²) in [5, 5.41) is 10.8. The molecule has 0 unspecified atom stereocenters. The van der Waals surface area contributed by atoms with Gasteiger partial charge in [0.25, 0.3) is 0 Å². The number of nitrogens with zero attached hydrogens (tertiary/aromatic N) is 1. The molecule has 3 aromatic carbocycles. The molecular formula is C29H29NO2. The number of carboxylic acid groups (broad SMARTS) is 1.